The Labute approximate surface area is 529 Å². The number of aliphatic carboxylic acids is 1. The summed E-state index contributed by atoms with van der Waals surface area (Å²) < 4.78 is 0. The molecular formula is C61H106N14O15. The standard InChI is InChI=1S/C61H106N14O15/c1-13-36(10)49(71-46(79)31-65-52(80)40(64)23-17-19-25-62)58(86)68-42(27-32(2)3)53(81)66-30-45(78)67-41(24-18-20-26-63)54(82)72-47(34(6)7)57(85)70-44(29-39-21-15-14-16-22-39)56(84)74-50(37(11)76)59(87)69-43(28-33(4)5)55(83)75-51(38(12)77)60(88)73-48(35(8)9)61(89)90/h14-16,21-22,32-38,40-44,47-51,76-77H,13,17-20,23-31,62-64H2,1-12H3,(H,65,80)(H,66,81)(H,67,78)(H,68,86)(H,69,87)(H,70,85)(H,71,79)(H,72,82)(H,73,88)(H,74,84)(H,75,83)(H,89,90)/t36-,37+,38+,40-,41-,42-,43+,44-,47-,48-,49-,50-,51-/m0/s1. The number of carbonyl (C=O) groups excluding carboxylic acids is 11. The van der Waals surface area contributed by atoms with Crippen molar-refractivity contribution in [1.29, 1.82) is 0 Å². The van der Waals surface area contributed by atoms with Crippen molar-refractivity contribution in [2.45, 2.75) is 220 Å². The Balaban J connectivity index is 3.40. The third-order valence-corrected chi connectivity index (χ3v) is 14.8. The van der Waals surface area contributed by atoms with Crippen LogP contribution in [0.3, 0.4) is 0 Å². The summed E-state index contributed by atoms with van der Waals surface area (Å²) in [6, 6.07) is -5.00. The van der Waals surface area contributed by atoms with Gasteiger partial charge >= 0.3 is 5.97 Å². The number of hydrogen-bond acceptors (Lipinski definition) is 17. The van der Waals surface area contributed by atoms with Crippen LogP contribution in [-0.4, -0.2) is 185 Å². The van der Waals surface area contributed by atoms with E-state index in [4.69, 9.17) is 17.2 Å². The van der Waals surface area contributed by atoms with E-state index in [1.54, 1.807) is 78.8 Å². The number of nitrogens with two attached hydrogens (primary N) is 3. The molecule has 0 heterocycles. The van der Waals surface area contributed by atoms with Crippen molar-refractivity contribution >= 4 is 70.9 Å². The van der Waals surface area contributed by atoms with E-state index in [-0.39, 0.29) is 44.1 Å². The zero-order chi connectivity index (χ0) is 68.5. The fraction of sp³-hybridized carbons (Fsp3) is 0.705. The van der Waals surface area contributed by atoms with Gasteiger partial charge in [-0.1, -0.05) is 112 Å². The van der Waals surface area contributed by atoms with Gasteiger partial charge in [0.1, 0.15) is 54.4 Å². The van der Waals surface area contributed by atoms with E-state index in [9.17, 15) is 72.9 Å². The second-order valence-electron chi connectivity index (χ2n) is 24.5. The van der Waals surface area contributed by atoms with Gasteiger partial charge in [-0.3, -0.25) is 52.7 Å². The first-order valence-electron chi connectivity index (χ1n) is 31.2. The maximum Gasteiger partial charge on any atom is 0.326 e. The molecule has 0 fully saturated rings. The van der Waals surface area contributed by atoms with E-state index in [0.29, 0.717) is 50.6 Å². The highest BCUT2D eigenvalue weighted by atomic mass is 16.4. The van der Waals surface area contributed by atoms with Crippen LogP contribution in [0.5, 0.6) is 0 Å². The van der Waals surface area contributed by atoms with Crippen LogP contribution >= 0.6 is 0 Å². The van der Waals surface area contributed by atoms with Gasteiger partial charge in [-0.2, -0.15) is 0 Å². The molecule has 20 N–H and O–H groups in total. The number of carboxylic acid groups (broad SMARTS) is 1. The molecule has 1 aromatic rings. The second-order valence-corrected chi connectivity index (χ2v) is 24.5. The Morgan fingerprint density at radius 2 is 0.833 bits per heavy atom. The molecule has 0 aliphatic carbocycles. The van der Waals surface area contributed by atoms with Crippen LogP contribution in [0.4, 0.5) is 0 Å². The lowest BCUT2D eigenvalue weighted by Crippen LogP contribution is -2.63. The van der Waals surface area contributed by atoms with Crippen LogP contribution in [0.15, 0.2) is 30.3 Å². The summed E-state index contributed by atoms with van der Waals surface area (Å²) in [6.07, 6.45) is -0.257. The molecule has 0 spiro atoms. The summed E-state index contributed by atoms with van der Waals surface area (Å²) in [5, 5.41) is 59.1. The Bertz CT molecular complexity index is 2480. The minimum atomic E-state index is -1.76. The molecule has 0 saturated heterocycles. The van der Waals surface area contributed by atoms with Crippen LogP contribution in [0.25, 0.3) is 0 Å². The van der Waals surface area contributed by atoms with Gasteiger partial charge in [-0.15, -0.1) is 0 Å². The molecule has 0 unspecified atom stereocenters. The van der Waals surface area contributed by atoms with E-state index in [0.717, 1.165) is 0 Å². The van der Waals surface area contributed by atoms with Crippen molar-refractivity contribution in [3.8, 4) is 0 Å². The van der Waals surface area contributed by atoms with E-state index in [2.05, 4.69) is 58.5 Å². The van der Waals surface area contributed by atoms with Gasteiger partial charge in [0.25, 0.3) is 0 Å². The normalized spacial score (nSPS) is 15.7. The fourth-order valence-corrected chi connectivity index (χ4v) is 9.28. The quantitative estimate of drug-likeness (QED) is 0.0306. The number of aliphatic hydroxyl groups is 2. The summed E-state index contributed by atoms with van der Waals surface area (Å²) in [4.78, 5) is 163. The molecule has 29 nitrogen and oxygen atoms in total. The van der Waals surface area contributed by atoms with Gasteiger partial charge in [0, 0.05) is 6.42 Å². The lowest BCUT2D eigenvalue weighted by molar-refractivity contribution is -0.144. The average Bonchev–Trinajstić information content (AvgIpc) is 1.30. The lowest BCUT2D eigenvalue weighted by atomic mass is 9.96. The number of aliphatic hydroxyl groups excluding tert-OH is 2. The second kappa shape index (κ2) is 41.9. The molecule has 90 heavy (non-hydrogen) atoms. The van der Waals surface area contributed by atoms with Crippen molar-refractivity contribution in [2.75, 3.05) is 26.2 Å². The fourth-order valence-electron chi connectivity index (χ4n) is 9.28. The Morgan fingerprint density at radius 3 is 1.30 bits per heavy atom. The van der Waals surface area contributed by atoms with Crippen molar-refractivity contribution in [2.24, 2.45) is 46.8 Å². The lowest BCUT2D eigenvalue weighted by Gasteiger charge is -2.30. The highest BCUT2D eigenvalue weighted by Crippen LogP contribution is 2.14. The Kier molecular flexibility index (Phi) is 37.5. The SMILES string of the molecule is CC[C@H](C)[C@H](NC(=O)CNC(=O)[C@@H](N)CCCCN)C(=O)N[C@@H](CC(C)C)C(=O)NCC(=O)N[C@@H](CCCCN)C(=O)N[C@H](C(=O)N[C@@H](Cc1ccccc1)C(=O)N[C@H](C(=O)N[C@H](CC(C)C)C(=O)N[C@H](C(=O)N[C@H](C(=O)O)C(C)C)[C@@H](C)O)[C@@H](C)O)C(C)C. The van der Waals surface area contributed by atoms with Crippen LogP contribution in [-0.2, 0) is 64.0 Å². The third-order valence-electron chi connectivity index (χ3n) is 14.8. The summed E-state index contributed by atoms with van der Waals surface area (Å²) >= 11 is 0. The van der Waals surface area contributed by atoms with E-state index in [1.165, 1.54) is 13.8 Å². The predicted octanol–water partition coefficient (Wildman–Crippen LogP) is -2.29. The number of carboxylic acids is 1. The Hall–Kier alpha value is -7.34. The van der Waals surface area contributed by atoms with Crippen LogP contribution < -0.4 is 75.7 Å². The van der Waals surface area contributed by atoms with Crippen molar-refractivity contribution in [1.82, 2.24) is 58.5 Å². The van der Waals surface area contributed by atoms with Crippen LogP contribution in [0, 0.1) is 29.6 Å². The van der Waals surface area contributed by atoms with Gasteiger partial charge in [0.05, 0.1) is 31.3 Å². The summed E-state index contributed by atoms with van der Waals surface area (Å²) in [6.45, 7) is 19.0. The van der Waals surface area contributed by atoms with E-state index < -0.39 is 174 Å². The van der Waals surface area contributed by atoms with E-state index >= 15 is 0 Å². The molecule has 0 bridgehead atoms. The molecular weight excluding hydrogens is 1170 g/mol. The smallest absolute Gasteiger partial charge is 0.326 e. The molecule has 0 radical (unpaired) electrons. The number of amides is 11. The molecule has 29 heteroatoms. The zero-order valence-corrected chi connectivity index (χ0v) is 54.6. The number of hydrogen-bond donors (Lipinski definition) is 17. The van der Waals surface area contributed by atoms with Crippen molar-refractivity contribution in [3.05, 3.63) is 35.9 Å². The van der Waals surface area contributed by atoms with Crippen LogP contribution in [0.2, 0.25) is 0 Å². The molecule has 0 aliphatic rings. The highest BCUT2D eigenvalue weighted by molar-refractivity contribution is 5.99. The van der Waals surface area contributed by atoms with Gasteiger partial charge in [-0.25, -0.2) is 4.79 Å². The average molecular weight is 1280 g/mol. The summed E-state index contributed by atoms with van der Waals surface area (Å²) in [7, 11) is 0. The molecule has 510 valence electrons. The first-order valence-corrected chi connectivity index (χ1v) is 31.2. The first kappa shape index (κ1) is 80.7. The minimum Gasteiger partial charge on any atom is -0.480 e. The molecule has 0 aromatic heterocycles. The maximum absolute atomic E-state index is 14.4. The maximum atomic E-state index is 14.4. The minimum absolute atomic E-state index is 0.0390. The first-order chi connectivity index (χ1) is 42.2. The summed E-state index contributed by atoms with van der Waals surface area (Å²) in [5.74, 6) is -12.4. The number of unbranched alkanes of at least 4 members (excludes halogenated alkanes) is 2. The van der Waals surface area contributed by atoms with Gasteiger partial charge in [-0.05, 0) is 107 Å². The van der Waals surface area contributed by atoms with Crippen LogP contribution in [0.1, 0.15) is 146 Å². The monoisotopic (exact) mass is 1270 g/mol. The largest absolute Gasteiger partial charge is 0.480 e. The molecule has 11 amide bonds. The van der Waals surface area contributed by atoms with Crippen molar-refractivity contribution < 1.29 is 72.9 Å². The number of benzene rings is 1. The number of nitrogens with one attached hydrogen (secondary N) is 11. The topological polar surface area (TPSA) is 476 Å². The Morgan fingerprint density at radius 1 is 0.433 bits per heavy atom. The highest BCUT2D eigenvalue weighted by Gasteiger charge is 2.38. The van der Waals surface area contributed by atoms with Crippen molar-refractivity contribution in [3.63, 3.8) is 0 Å². The molecule has 0 aliphatic heterocycles. The number of carbonyl (C=O) groups is 12. The molecule has 1 aromatic carbocycles. The molecule has 0 saturated carbocycles. The number of rotatable bonds is 43. The third kappa shape index (κ3) is 30.0. The molecule has 1 rings (SSSR count). The van der Waals surface area contributed by atoms with Gasteiger partial charge in [0.15, 0.2) is 0 Å². The molecule has 13 atom stereocenters. The van der Waals surface area contributed by atoms with E-state index in [1.807, 2.05) is 20.8 Å². The van der Waals surface area contributed by atoms with Gasteiger partial charge < -0.3 is 91.0 Å². The summed E-state index contributed by atoms with van der Waals surface area (Å²) in [5.41, 5.74) is 17.8. The van der Waals surface area contributed by atoms with Gasteiger partial charge in [0.2, 0.25) is 65.0 Å². The zero-order valence-electron chi connectivity index (χ0n) is 54.6. The predicted molar refractivity (Wildman–Crippen MR) is 336 cm³/mol.